The molecule has 1 aliphatic rings. The van der Waals surface area contributed by atoms with Crippen LogP contribution in [0.5, 0.6) is 0 Å². The highest BCUT2D eigenvalue weighted by atomic mass is 79.9. The van der Waals surface area contributed by atoms with E-state index < -0.39 is 0 Å². The van der Waals surface area contributed by atoms with Crippen molar-refractivity contribution in [3.05, 3.63) is 20.8 Å². The maximum atomic E-state index is 9.19. The summed E-state index contributed by atoms with van der Waals surface area (Å²) >= 11 is 5.28. The van der Waals surface area contributed by atoms with Crippen molar-refractivity contribution in [2.75, 3.05) is 20.1 Å². The van der Waals surface area contributed by atoms with E-state index in [0.29, 0.717) is 0 Å². The maximum absolute atomic E-state index is 9.19. The second kappa shape index (κ2) is 5.51. The van der Waals surface area contributed by atoms with Gasteiger partial charge in [0, 0.05) is 18.0 Å². The van der Waals surface area contributed by atoms with Crippen molar-refractivity contribution >= 4 is 27.3 Å². The number of rotatable bonds is 5. The van der Waals surface area contributed by atoms with Crippen LogP contribution in [0.15, 0.2) is 15.9 Å². The molecule has 0 saturated heterocycles. The fourth-order valence-corrected chi connectivity index (χ4v) is 3.76. The van der Waals surface area contributed by atoms with Gasteiger partial charge in [0.2, 0.25) is 0 Å². The van der Waals surface area contributed by atoms with E-state index in [-0.39, 0.29) is 5.41 Å². The van der Waals surface area contributed by atoms with Gasteiger partial charge in [-0.05, 0) is 54.4 Å². The van der Waals surface area contributed by atoms with Crippen molar-refractivity contribution in [3.8, 4) is 6.07 Å². The molecule has 1 aliphatic carbocycles. The first-order chi connectivity index (χ1) is 8.13. The number of thiophene rings is 1. The quantitative estimate of drug-likeness (QED) is 0.829. The fourth-order valence-electron chi connectivity index (χ4n) is 2.29. The maximum Gasteiger partial charge on any atom is 0.0703 e. The van der Waals surface area contributed by atoms with Crippen LogP contribution in [0.3, 0.4) is 0 Å². The molecular weight excluding hydrogens is 296 g/mol. The third-order valence-electron chi connectivity index (χ3n) is 3.49. The van der Waals surface area contributed by atoms with E-state index >= 15 is 0 Å². The van der Waals surface area contributed by atoms with Gasteiger partial charge in [0.05, 0.1) is 15.3 Å². The SMILES string of the molecule is CN(CCc1ccc(Br)s1)CC1(C#N)CCC1. The minimum atomic E-state index is -0.0369. The van der Waals surface area contributed by atoms with Crippen molar-refractivity contribution in [3.63, 3.8) is 0 Å². The highest BCUT2D eigenvalue weighted by Gasteiger charge is 2.37. The molecule has 0 aliphatic heterocycles. The van der Waals surface area contributed by atoms with Gasteiger partial charge in [0.25, 0.3) is 0 Å². The Hall–Kier alpha value is -0.370. The van der Waals surface area contributed by atoms with Crippen LogP contribution in [-0.4, -0.2) is 25.0 Å². The van der Waals surface area contributed by atoms with Crippen LogP contribution in [-0.2, 0) is 6.42 Å². The summed E-state index contributed by atoms with van der Waals surface area (Å²) in [5, 5.41) is 9.19. The lowest BCUT2D eigenvalue weighted by Crippen LogP contribution is -2.40. The number of likely N-dealkylation sites (N-methyl/N-ethyl adjacent to an activating group) is 1. The van der Waals surface area contributed by atoms with Crippen LogP contribution in [0.4, 0.5) is 0 Å². The number of hydrogen-bond acceptors (Lipinski definition) is 3. The van der Waals surface area contributed by atoms with E-state index in [4.69, 9.17) is 0 Å². The lowest BCUT2D eigenvalue weighted by molar-refractivity contribution is 0.139. The fraction of sp³-hybridized carbons (Fsp3) is 0.615. The molecule has 4 heteroatoms. The molecule has 1 aromatic rings. The molecule has 1 heterocycles. The van der Waals surface area contributed by atoms with Crippen LogP contribution in [0, 0.1) is 16.7 Å². The number of nitriles is 1. The number of hydrogen-bond donors (Lipinski definition) is 0. The zero-order valence-electron chi connectivity index (χ0n) is 10.1. The molecule has 0 spiro atoms. The topological polar surface area (TPSA) is 27.0 Å². The van der Waals surface area contributed by atoms with E-state index in [1.807, 2.05) is 0 Å². The monoisotopic (exact) mass is 312 g/mol. The lowest BCUT2D eigenvalue weighted by atomic mass is 9.69. The summed E-state index contributed by atoms with van der Waals surface area (Å²) in [5.41, 5.74) is -0.0369. The Bertz CT molecular complexity index is 417. The molecule has 2 rings (SSSR count). The zero-order valence-corrected chi connectivity index (χ0v) is 12.5. The van der Waals surface area contributed by atoms with Gasteiger partial charge in [-0.15, -0.1) is 11.3 Å². The molecular formula is C13H17BrN2S. The molecule has 0 radical (unpaired) electrons. The molecule has 0 atom stereocenters. The van der Waals surface area contributed by atoms with Gasteiger partial charge in [0.15, 0.2) is 0 Å². The second-order valence-electron chi connectivity index (χ2n) is 4.94. The lowest BCUT2D eigenvalue weighted by Gasteiger charge is -2.38. The van der Waals surface area contributed by atoms with Crippen molar-refractivity contribution in [2.24, 2.45) is 5.41 Å². The van der Waals surface area contributed by atoms with E-state index in [2.05, 4.69) is 46.1 Å². The Morgan fingerprint density at radius 3 is 2.76 bits per heavy atom. The van der Waals surface area contributed by atoms with Crippen LogP contribution in [0.1, 0.15) is 24.1 Å². The average molecular weight is 313 g/mol. The van der Waals surface area contributed by atoms with Gasteiger partial charge < -0.3 is 4.90 Å². The minimum absolute atomic E-state index is 0.0369. The summed E-state index contributed by atoms with van der Waals surface area (Å²) in [6, 6.07) is 6.77. The Morgan fingerprint density at radius 2 is 2.29 bits per heavy atom. The highest BCUT2D eigenvalue weighted by Crippen LogP contribution is 2.40. The third kappa shape index (κ3) is 3.31. The predicted octanol–water partition coefficient (Wildman–Crippen LogP) is 3.68. The van der Waals surface area contributed by atoms with Crippen molar-refractivity contribution < 1.29 is 0 Å². The molecule has 1 aromatic heterocycles. The predicted molar refractivity (Wildman–Crippen MR) is 75.1 cm³/mol. The molecule has 2 nitrogen and oxygen atoms in total. The normalized spacial score (nSPS) is 17.8. The van der Waals surface area contributed by atoms with Crippen molar-refractivity contribution in [2.45, 2.75) is 25.7 Å². The summed E-state index contributed by atoms with van der Waals surface area (Å²) in [6.07, 6.45) is 4.46. The van der Waals surface area contributed by atoms with Gasteiger partial charge in [0.1, 0.15) is 0 Å². The second-order valence-corrected chi connectivity index (χ2v) is 7.49. The number of halogens is 1. The van der Waals surface area contributed by atoms with Gasteiger partial charge in [-0.25, -0.2) is 0 Å². The third-order valence-corrected chi connectivity index (χ3v) is 5.17. The summed E-state index contributed by atoms with van der Waals surface area (Å²) in [7, 11) is 2.13. The Morgan fingerprint density at radius 1 is 1.53 bits per heavy atom. The largest absolute Gasteiger partial charge is 0.304 e. The van der Waals surface area contributed by atoms with Crippen LogP contribution < -0.4 is 0 Å². The molecule has 0 N–H and O–H groups in total. The Labute approximate surface area is 115 Å². The molecule has 1 fully saturated rings. The van der Waals surface area contributed by atoms with Crippen LogP contribution in [0.2, 0.25) is 0 Å². The summed E-state index contributed by atoms with van der Waals surface area (Å²) < 4.78 is 1.20. The molecule has 0 unspecified atom stereocenters. The van der Waals surface area contributed by atoms with E-state index in [1.54, 1.807) is 11.3 Å². The molecule has 17 heavy (non-hydrogen) atoms. The van der Waals surface area contributed by atoms with Crippen LogP contribution >= 0.6 is 27.3 Å². The van der Waals surface area contributed by atoms with E-state index in [0.717, 1.165) is 32.4 Å². The highest BCUT2D eigenvalue weighted by molar-refractivity contribution is 9.11. The molecule has 92 valence electrons. The van der Waals surface area contributed by atoms with Crippen molar-refractivity contribution in [1.29, 1.82) is 5.26 Å². The van der Waals surface area contributed by atoms with Gasteiger partial charge >= 0.3 is 0 Å². The van der Waals surface area contributed by atoms with E-state index in [1.165, 1.54) is 15.1 Å². The Kier molecular flexibility index (Phi) is 4.24. The standard InChI is InChI=1S/C13H17BrN2S/c1-16(10-13(9-15)6-2-7-13)8-5-11-3-4-12(14)17-11/h3-4H,2,5-8,10H2,1H3. The first-order valence-corrected chi connectivity index (χ1v) is 7.58. The smallest absolute Gasteiger partial charge is 0.0703 e. The average Bonchev–Trinajstić information content (AvgIpc) is 2.67. The van der Waals surface area contributed by atoms with Gasteiger partial charge in [-0.1, -0.05) is 6.42 Å². The van der Waals surface area contributed by atoms with Crippen LogP contribution in [0.25, 0.3) is 0 Å². The summed E-state index contributed by atoms with van der Waals surface area (Å²) in [6.45, 7) is 1.96. The number of nitrogens with zero attached hydrogens (tertiary/aromatic N) is 2. The molecule has 0 bridgehead atoms. The minimum Gasteiger partial charge on any atom is -0.304 e. The van der Waals surface area contributed by atoms with E-state index in [9.17, 15) is 5.26 Å². The van der Waals surface area contributed by atoms with Crippen molar-refractivity contribution in [1.82, 2.24) is 4.90 Å². The molecule has 1 saturated carbocycles. The summed E-state index contributed by atoms with van der Waals surface area (Å²) in [4.78, 5) is 3.71. The van der Waals surface area contributed by atoms with Gasteiger partial charge in [-0.2, -0.15) is 5.26 Å². The Balaban J connectivity index is 1.78. The van der Waals surface area contributed by atoms with Gasteiger partial charge in [-0.3, -0.25) is 0 Å². The zero-order chi connectivity index (χ0) is 12.3. The molecule has 0 amide bonds. The first kappa shape index (κ1) is 13.1. The molecule has 0 aromatic carbocycles. The first-order valence-electron chi connectivity index (χ1n) is 5.98. The summed E-state index contributed by atoms with van der Waals surface area (Å²) in [5.74, 6) is 0.